The normalized spacial score (nSPS) is 10.7. The molecule has 1 aromatic carbocycles. The third kappa shape index (κ3) is 8.09. The van der Waals surface area contributed by atoms with Crippen LogP contribution in [0.4, 0.5) is 0 Å². The Morgan fingerprint density at radius 2 is 1.82 bits per heavy atom. The van der Waals surface area contributed by atoms with E-state index in [2.05, 4.69) is 15.9 Å². The molecule has 0 aliphatic carbocycles. The maximum Gasteiger partial charge on any atom is 0.0560 e. The largest absolute Gasteiger partial charge is 0.381 e. The standard InChI is InChI=1S/C13H18BrClOS/c14-8-2-1-3-9-16-10-11-17-13-6-4-12(15)5-7-13/h4-7H,1-3,8-11H2. The quantitative estimate of drug-likeness (QED) is 0.356. The molecule has 1 nitrogen and oxygen atoms in total. The van der Waals surface area contributed by atoms with Gasteiger partial charge < -0.3 is 4.74 Å². The number of ether oxygens (including phenoxy) is 1. The number of halogens is 2. The van der Waals surface area contributed by atoms with E-state index in [1.165, 1.54) is 17.7 Å². The molecule has 0 radical (unpaired) electrons. The van der Waals surface area contributed by atoms with E-state index in [-0.39, 0.29) is 0 Å². The molecular formula is C13H18BrClOS. The van der Waals surface area contributed by atoms with E-state index in [9.17, 15) is 0 Å². The predicted octanol–water partition coefficient (Wildman–Crippen LogP) is 5.01. The maximum absolute atomic E-state index is 5.82. The Kier molecular flexibility index (Phi) is 9.25. The van der Waals surface area contributed by atoms with Gasteiger partial charge in [-0.05, 0) is 37.1 Å². The first-order chi connectivity index (χ1) is 8.33. The number of thioether (sulfide) groups is 1. The average molecular weight is 338 g/mol. The van der Waals surface area contributed by atoms with Crippen LogP contribution in [0.3, 0.4) is 0 Å². The zero-order valence-electron chi connectivity index (χ0n) is 9.83. The highest BCUT2D eigenvalue weighted by Crippen LogP contribution is 2.19. The van der Waals surface area contributed by atoms with Gasteiger partial charge in [0.15, 0.2) is 0 Å². The van der Waals surface area contributed by atoms with Crippen molar-refractivity contribution in [3.63, 3.8) is 0 Å². The summed E-state index contributed by atoms with van der Waals surface area (Å²) < 4.78 is 5.56. The molecule has 0 saturated carbocycles. The fraction of sp³-hybridized carbons (Fsp3) is 0.538. The molecule has 17 heavy (non-hydrogen) atoms. The van der Waals surface area contributed by atoms with Gasteiger partial charge >= 0.3 is 0 Å². The molecule has 0 aliphatic rings. The average Bonchev–Trinajstić information content (AvgIpc) is 2.35. The molecule has 0 aliphatic heterocycles. The molecule has 1 aromatic rings. The molecule has 0 spiro atoms. The number of benzene rings is 1. The number of alkyl halides is 1. The molecule has 0 N–H and O–H groups in total. The van der Waals surface area contributed by atoms with Crippen LogP contribution in [0.5, 0.6) is 0 Å². The van der Waals surface area contributed by atoms with Crippen LogP contribution in [0, 0.1) is 0 Å². The van der Waals surface area contributed by atoms with Crippen LogP contribution in [0.1, 0.15) is 19.3 Å². The van der Waals surface area contributed by atoms with Gasteiger partial charge in [-0.1, -0.05) is 34.0 Å². The van der Waals surface area contributed by atoms with Gasteiger partial charge in [-0.3, -0.25) is 0 Å². The second-order valence-electron chi connectivity index (χ2n) is 3.66. The molecular weight excluding hydrogens is 320 g/mol. The third-order valence-electron chi connectivity index (χ3n) is 2.23. The lowest BCUT2D eigenvalue weighted by atomic mass is 10.3. The number of rotatable bonds is 9. The van der Waals surface area contributed by atoms with E-state index in [0.29, 0.717) is 0 Å². The first kappa shape index (κ1) is 15.4. The Labute approximate surface area is 121 Å². The van der Waals surface area contributed by atoms with Gasteiger partial charge in [0.05, 0.1) is 6.61 Å². The Morgan fingerprint density at radius 3 is 2.53 bits per heavy atom. The van der Waals surface area contributed by atoms with E-state index in [4.69, 9.17) is 16.3 Å². The Balaban J connectivity index is 1.95. The molecule has 96 valence electrons. The van der Waals surface area contributed by atoms with Gasteiger partial charge in [-0.15, -0.1) is 11.8 Å². The summed E-state index contributed by atoms with van der Waals surface area (Å²) in [5.74, 6) is 1.00. The fourth-order valence-corrected chi connectivity index (χ4v) is 2.61. The van der Waals surface area contributed by atoms with Gasteiger partial charge in [0, 0.05) is 27.6 Å². The molecule has 0 saturated heterocycles. The van der Waals surface area contributed by atoms with Gasteiger partial charge in [-0.2, -0.15) is 0 Å². The summed E-state index contributed by atoms with van der Waals surface area (Å²) >= 11 is 11.0. The molecule has 1 rings (SSSR count). The van der Waals surface area contributed by atoms with E-state index >= 15 is 0 Å². The van der Waals surface area contributed by atoms with Crippen molar-refractivity contribution < 1.29 is 4.74 Å². The minimum absolute atomic E-state index is 0.789. The van der Waals surface area contributed by atoms with Crippen molar-refractivity contribution in [2.24, 2.45) is 0 Å². The van der Waals surface area contributed by atoms with E-state index < -0.39 is 0 Å². The Bertz CT molecular complexity index is 292. The van der Waals surface area contributed by atoms with Gasteiger partial charge in [-0.25, -0.2) is 0 Å². The van der Waals surface area contributed by atoms with Crippen LogP contribution in [-0.4, -0.2) is 24.3 Å². The van der Waals surface area contributed by atoms with Crippen molar-refractivity contribution in [3.05, 3.63) is 29.3 Å². The molecule has 0 heterocycles. The van der Waals surface area contributed by atoms with Crippen LogP contribution in [0.25, 0.3) is 0 Å². The van der Waals surface area contributed by atoms with Crippen LogP contribution >= 0.6 is 39.3 Å². The molecule has 0 fully saturated rings. The highest BCUT2D eigenvalue weighted by atomic mass is 79.9. The summed E-state index contributed by atoms with van der Waals surface area (Å²) in [6.45, 7) is 1.70. The Hall–Kier alpha value is 0.300. The molecule has 0 atom stereocenters. The van der Waals surface area contributed by atoms with Crippen LogP contribution < -0.4 is 0 Å². The van der Waals surface area contributed by atoms with Crippen molar-refractivity contribution in [3.8, 4) is 0 Å². The maximum atomic E-state index is 5.82. The summed E-state index contributed by atoms with van der Waals surface area (Å²) in [5, 5.41) is 1.89. The van der Waals surface area contributed by atoms with Crippen LogP contribution in [0.15, 0.2) is 29.2 Å². The van der Waals surface area contributed by atoms with Crippen molar-refractivity contribution >= 4 is 39.3 Å². The van der Waals surface area contributed by atoms with Gasteiger partial charge in [0.1, 0.15) is 0 Å². The summed E-state index contributed by atoms with van der Waals surface area (Å²) in [5.41, 5.74) is 0. The monoisotopic (exact) mass is 336 g/mol. The third-order valence-corrected chi connectivity index (χ3v) is 4.02. The summed E-state index contributed by atoms with van der Waals surface area (Å²) in [6.07, 6.45) is 3.65. The summed E-state index contributed by atoms with van der Waals surface area (Å²) in [4.78, 5) is 1.25. The molecule has 0 unspecified atom stereocenters. The lowest BCUT2D eigenvalue weighted by molar-refractivity contribution is 0.146. The van der Waals surface area contributed by atoms with E-state index in [0.717, 1.165) is 35.7 Å². The van der Waals surface area contributed by atoms with Crippen molar-refractivity contribution in [1.82, 2.24) is 0 Å². The van der Waals surface area contributed by atoms with Crippen molar-refractivity contribution in [1.29, 1.82) is 0 Å². The predicted molar refractivity (Wildman–Crippen MR) is 80.6 cm³/mol. The zero-order chi connectivity index (χ0) is 12.3. The summed E-state index contributed by atoms with van der Waals surface area (Å²) in [6, 6.07) is 7.93. The first-order valence-electron chi connectivity index (χ1n) is 5.85. The van der Waals surface area contributed by atoms with Crippen molar-refractivity contribution in [2.75, 3.05) is 24.3 Å². The zero-order valence-corrected chi connectivity index (χ0v) is 13.0. The topological polar surface area (TPSA) is 9.23 Å². The first-order valence-corrected chi connectivity index (χ1v) is 8.33. The lowest BCUT2D eigenvalue weighted by Crippen LogP contribution is -1.99. The minimum Gasteiger partial charge on any atom is -0.381 e. The van der Waals surface area contributed by atoms with Gasteiger partial charge in [0.2, 0.25) is 0 Å². The van der Waals surface area contributed by atoms with E-state index in [1.54, 1.807) is 11.8 Å². The highest BCUT2D eigenvalue weighted by Gasteiger charge is 1.95. The van der Waals surface area contributed by atoms with E-state index in [1.807, 2.05) is 24.3 Å². The van der Waals surface area contributed by atoms with Crippen LogP contribution in [-0.2, 0) is 4.74 Å². The number of hydrogen-bond donors (Lipinski definition) is 0. The number of hydrogen-bond acceptors (Lipinski definition) is 2. The molecule has 4 heteroatoms. The SMILES string of the molecule is Clc1ccc(SCCOCCCCCBr)cc1. The number of unbranched alkanes of at least 4 members (excludes halogenated alkanes) is 2. The smallest absolute Gasteiger partial charge is 0.0560 e. The second kappa shape index (κ2) is 10.2. The summed E-state index contributed by atoms with van der Waals surface area (Å²) in [7, 11) is 0. The molecule has 0 aromatic heterocycles. The highest BCUT2D eigenvalue weighted by molar-refractivity contribution is 9.09. The second-order valence-corrected chi connectivity index (χ2v) is 6.06. The van der Waals surface area contributed by atoms with Crippen LogP contribution in [0.2, 0.25) is 5.02 Å². The molecule has 0 bridgehead atoms. The van der Waals surface area contributed by atoms with Gasteiger partial charge in [0.25, 0.3) is 0 Å². The van der Waals surface area contributed by atoms with Crippen molar-refractivity contribution in [2.45, 2.75) is 24.2 Å². The fourth-order valence-electron chi connectivity index (χ4n) is 1.33. The molecule has 0 amide bonds. The lowest BCUT2D eigenvalue weighted by Gasteiger charge is -2.04. The Morgan fingerprint density at radius 1 is 1.06 bits per heavy atom. The minimum atomic E-state index is 0.789.